The smallest absolute Gasteiger partial charge is 0.338 e. The monoisotopic (exact) mass is 531 g/mol. The van der Waals surface area contributed by atoms with Crippen molar-refractivity contribution in [2.24, 2.45) is 0 Å². The zero-order valence-corrected chi connectivity index (χ0v) is 21.6. The summed E-state index contributed by atoms with van der Waals surface area (Å²) in [5.74, 6) is -2.13. The molecule has 8 nitrogen and oxygen atoms in total. The number of amides is 3. The van der Waals surface area contributed by atoms with Gasteiger partial charge in [0, 0.05) is 17.8 Å². The van der Waals surface area contributed by atoms with E-state index in [0.717, 1.165) is 10.5 Å². The Morgan fingerprint density at radius 3 is 2.29 bits per heavy atom. The molecule has 0 atom stereocenters. The minimum absolute atomic E-state index is 0.110. The molecule has 0 fully saturated rings. The summed E-state index contributed by atoms with van der Waals surface area (Å²) in [6.45, 7) is 3.95. The molecule has 9 heteroatoms. The zero-order valence-electron chi connectivity index (χ0n) is 20.9. The number of anilines is 2. The number of carbonyl (C=O) groups excluding carboxylic acids is 4. The van der Waals surface area contributed by atoms with Gasteiger partial charge in [0.05, 0.1) is 17.4 Å². The second-order valence-corrected chi connectivity index (χ2v) is 9.21. The molecule has 0 bridgehead atoms. The molecule has 3 aromatic carbocycles. The maximum atomic E-state index is 13.1. The Morgan fingerprint density at radius 2 is 1.61 bits per heavy atom. The van der Waals surface area contributed by atoms with Gasteiger partial charge in [-0.1, -0.05) is 48.0 Å². The van der Waals surface area contributed by atoms with Gasteiger partial charge in [-0.15, -0.1) is 0 Å². The number of imide groups is 1. The first-order valence-corrected chi connectivity index (χ1v) is 12.4. The SMILES string of the molecule is CC(C)OC(=O)c1ccc(N2C(=O)C(Cl)=C(Nc3cccc(C(=O)NCCc4ccccc4)c3)C2=O)cc1. The lowest BCUT2D eigenvalue weighted by atomic mass is 10.1. The number of hydrogen-bond acceptors (Lipinski definition) is 6. The van der Waals surface area contributed by atoms with Crippen LogP contribution in [-0.4, -0.2) is 36.3 Å². The van der Waals surface area contributed by atoms with Crippen molar-refractivity contribution in [2.45, 2.75) is 26.4 Å². The highest BCUT2D eigenvalue weighted by Gasteiger charge is 2.39. The summed E-state index contributed by atoms with van der Waals surface area (Å²) in [6.07, 6.45) is 0.415. The molecule has 38 heavy (non-hydrogen) atoms. The fraction of sp³-hybridized carbons (Fsp3) is 0.172. The molecule has 0 saturated heterocycles. The van der Waals surface area contributed by atoms with E-state index >= 15 is 0 Å². The number of carbonyl (C=O) groups is 4. The van der Waals surface area contributed by atoms with E-state index < -0.39 is 17.8 Å². The largest absolute Gasteiger partial charge is 0.459 e. The number of ether oxygens (including phenoxy) is 1. The maximum Gasteiger partial charge on any atom is 0.338 e. The number of benzene rings is 3. The molecule has 0 aromatic heterocycles. The van der Waals surface area contributed by atoms with Crippen LogP contribution >= 0.6 is 11.6 Å². The van der Waals surface area contributed by atoms with E-state index in [1.807, 2.05) is 30.3 Å². The van der Waals surface area contributed by atoms with Gasteiger partial charge in [-0.3, -0.25) is 14.4 Å². The molecular formula is C29H26ClN3O5. The van der Waals surface area contributed by atoms with E-state index in [1.165, 1.54) is 24.3 Å². The van der Waals surface area contributed by atoms with Gasteiger partial charge in [-0.25, -0.2) is 9.69 Å². The lowest BCUT2D eigenvalue weighted by Gasteiger charge is -2.16. The van der Waals surface area contributed by atoms with Crippen LogP contribution in [0.4, 0.5) is 11.4 Å². The number of halogens is 1. The molecule has 1 aliphatic heterocycles. The lowest BCUT2D eigenvalue weighted by molar-refractivity contribution is -0.120. The normalized spacial score (nSPS) is 13.2. The van der Waals surface area contributed by atoms with Gasteiger partial charge in [0.15, 0.2) is 0 Å². The van der Waals surface area contributed by atoms with Gasteiger partial charge in [-0.05, 0) is 68.3 Å². The van der Waals surface area contributed by atoms with Crippen molar-refractivity contribution in [3.05, 3.63) is 106 Å². The molecule has 0 saturated carbocycles. The average Bonchev–Trinajstić information content (AvgIpc) is 3.12. The van der Waals surface area contributed by atoms with Gasteiger partial charge >= 0.3 is 5.97 Å². The highest BCUT2D eigenvalue weighted by Crippen LogP contribution is 2.30. The van der Waals surface area contributed by atoms with Crippen LogP contribution in [0, 0.1) is 0 Å². The lowest BCUT2D eigenvalue weighted by Crippen LogP contribution is -2.32. The van der Waals surface area contributed by atoms with E-state index in [2.05, 4.69) is 10.6 Å². The minimum atomic E-state index is -0.702. The van der Waals surface area contributed by atoms with Crippen molar-refractivity contribution in [2.75, 3.05) is 16.8 Å². The summed E-state index contributed by atoms with van der Waals surface area (Å²) in [6, 6.07) is 22.3. The maximum absolute atomic E-state index is 13.1. The van der Waals surface area contributed by atoms with Crippen LogP contribution in [0.15, 0.2) is 89.6 Å². The topological polar surface area (TPSA) is 105 Å². The fourth-order valence-corrected chi connectivity index (χ4v) is 4.04. The summed E-state index contributed by atoms with van der Waals surface area (Å²) < 4.78 is 5.16. The van der Waals surface area contributed by atoms with Crippen LogP contribution in [0.25, 0.3) is 0 Å². The molecule has 0 unspecified atom stereocenters. The number of esters is 1. The quantitative estimate of drug-likeness (QED) is 0.307. The molecule has 1 heterocycles. The Kier molecular flexibility index (Phi) is 8.23. The summed E-state index contributed by atoms with van der Waals surface area (Å²) in [5, 5.41) is 5.48. The van der Waals surface area contributed by atoms with Crippen LogP contribution in [0.3, 0.4) is 0 Å². The molecular weight excluding hydrogens is 506 g/mol. The van der Waals surface area contributed by atoms with Crippen molar-refractivity contribution in [3.63, 3.8) is 0 Å². The summed E-state index contributed by atoms with van der Waals surface area (Å²) in [7, 11) is 0. The molecule has 3 aromatic rings. The number of nitrogens with one attached hydrogen (secondary N) is 2. The van der Waals surface area contributed by atoms with Gasteiger partial charge in [0.2, 0.25) is 0 Å². The number of hydrogen-bond donors (Lipinski definition) is 2. The first-order valence-electron chi connectivity index (χ1n) is 12.0. The summed E-state index contributed by atoms with van der Waals surface area (Å²) in [5.41, 5.74) is 2.35. The molecule has 3 amide bonds. The standard InChI is InChI=1S/C29H26ClN3O5/c1-18(2)38-29(37)20-11-13-23(14-12-20)33-27(35)24(30)25(28(33)36)32-22-10-6-9-21(17-22)26(34)31-16-15-19-7-4-3-5-8-19/h3-14,17-18,32H,15-16H2,1-2H3,(H,31,34). The predicted octanol–water partition coefficient (Wildman–Crippen LogP) is 4.66. The Bertz CT molecular complexity index is 1400. The molecule has 0 spiro atoms. The third-order valence-corrected chi connectivity index (χ3v) is 6.02. The van der Waals surface area contributed by atoms with Gasteiger partial charge in [0.25, 0.3) is 17.7 Å². The average molecular weight is 532 g/mol. The predicted molar refractivity (Wildman–Crippen MR) is 145 cm³/mol. The Hall–Kier alpha value is -4.43. The molecule has 2 N–H and O–H groups in total. The second kappa shape index (κ2) is 11.7. The molecule has 0 aliphatic carbocycles. The van der Waals surface area contributed by atoms with Crippen LogP contribution in [0.1, 0.15) is 40.1 Å². The third-order valence-electron chi connectivity index (χ3n) is 5.67. The van der Waals surface area contributed by atoms with Crippen molar-refractivity contribution < 1.29 is 23.9 Å². The fourth-order valence-electron chi connectivity index (χ4n) is 3.82. The third kappa shape index (κ3) is 6.10. The van der Waals surface area contributed by atoms with Gasteiger partial charge in [0.1, 0.15) is 10.7 Å². The van der Waals surface area contributed by atoms with Gasteiger partial charge in [-0.2, -0.15) is 0 Å². The molecule has 1 aliphatic rings. The summed E-state index contributed by atoms with van der Waals surface area (Å²) in [4.78, 5) is 51.6. The molecule has 0 radical (unpaired) electrons. The second-order valence-electron chi connectivity index (χ2n) is 8.83. The van der Waals surface area contributed by atoms with E-state index in [-0.39, 0.29) is 34.0 Å². The van der Waals surface area contributed by atoms with Crippen LogP contribution in [-0.2, 0) is 20.7 Å². The Labute approximate surface area is 225 Å². The Balaban J connectivity index is 1.42. The first kappa shape index (κ1) is 26.6. The molecule has 194 valence electrons. The van der Waals surface area contributed by atoms with Crippen LogP contribution in [0.2, 0.25) is 0 Å². The summed E-state index contributed by atoms with van der Waals surface area (Å²) >= 11 is 6.24. The van der Waals surface area contributed by atoms with E-state index in [4.69, 9.17) is 16.3 Å². The van der Waals surface area contributed by atoms with E-state index in [0.29, 0.717) is 24.2 Å². The van der Waals surface area contributed by atoms with Gasteiger partial charge < -0.3 is 15.4 Å². The first-order chi connectivity index (χ1) is 18.2. The highest BCUT2D eigenvalue weighted by molar-refractivity contribution is 6.53. The molecule has 4 rings (SSSR count). The van der Waals surface area contributed by atoms with Crippen molar-refractivity contribution >= 4 is 46.7 Å². The number of rotatable bonds is 9. The van der Waals surface area contributed by atoms with Crippen molar-refractivity contribution in [3.8, 4) is 0 Å². The van der Waals surface area contributed by atoms with Crippen molar-refractivity contribution in [1.82, 2.24) is 5.32 Å². The van der Waals surface area contributed by atoms with Crippen LogP contribution in [0.5, 0.6) is 0 Å². The highest BCUT2D eigenvalue weighted by atomic mass is 35.5. The number of nitrogens with zero attached hydrogens (tertiary/aromatic N) is 1. The Morgan fingerprint density at radius 1 is 0.895 bits per heavy atom. The van der Waals surface area contributed by atoms with Crippen molar-refractivity contribution in [1.29, 1.82) is 0 Å². The van der Waals surface area contributed by atoms with Crippen LogP contribution < -0.4 is 15.5 Å². The zero-order chi connectivity index (χ0) is 27.2. The van der Waals surface area contributed by atoms with E-state index in [1.54, 1.807) is 38.1 Å². The minimum Gasteiger partial charge on any atom is -0.459 e. The van der Waals surface area contributed by atoms with E-state index in [9.17, 15) is 19.2 Å².